The van der Waals surface area contributed by atoms with Crippen molar-refractivity contribution in [3.05, 3.63) is 194 Å². The Morgan fingerprint density at radius 1 is 0.275 bits per heavy atom. The molecule has 394 valence electrons. The molecule has 0 radical (unpaired) electrons. The van der Waals surface area contributed by atoms with Gasteiger partial charge in [-0.2, -0.15) is 0 Å². The second-order valence-corrected chi connectivity index (χ2v) is 19.4. The zero-order valence-electron chi connectivity index (χ0n) is 43.4. The third-order valence-corrected chi connectivity index (χ3v) is 14.7. The highest BCUT2D eigenvalue weighted by molar-refractivity contribution is 6.21. The minimum Gasteiger partial charge on any atom is -0.491 e. The normalized spacial score (nSPS) is 11.7. The van der Waals surface area contributed by atoms with Crippen molar-refractivity contribution in [2.45, 2.75) is 0 Å². The number of nitrogens with zero attached hydrogens (tertiary/aromatic N) is 2. The fourth-order valence-corrected chi connectivity index (χ4v) is 11.3. The number of aromatic nitrogens is 4. The summed E-state index contributed by atoms with van der Waals surface area (Å²) in [5, 5.41) is 42.7. The molecule has 8 bridgehead atoms. The van der Waals surface area contributed by atoms with Gasteiger partial charge in [0.05, 0.1) is 71.3 Å². The minimum atomic E-state index is -0.113. The summed E-state index contributed by atoms with van der Waals surface area (Å²) in [5.74, 6) is 2.50. The maximum Gasteiger partial charge on any atom is 0.119 e. The van der Waals surface area contributed by atoms with Crippen LogP contribution in [0.4, 0.5) is 0 Å². The molecule has 12 heteroatoms. The highest BCUT2D eigenvalue weighted by atomic mass is 16.5. The number of aliphatic hydroxyl groups excluding tert-OH is 4. The zero-order valence-corrected chi connectivity index (χ0v) is 43.4. The van der Waals surface area contributed by atoms with Gasteiger partial charge in [-0.1, -0.05) is 146 Å². The first kappa shape index (κ1) is 50.0. The second kappa shape index (κ2) is 21.7. The summed E-state index contributed by atoms with van der Waals surface area (Å²) in [6.45, 7) is 0.183. The SMILES string of the molecule is OCCOc1ccc(-c2c3nc(c(-c4ccc(OCCO)cc4)c4[nH]c(c(-c5ccc(OCCO)cc5)c5nc(c(-c6ccc(OCCO)cc6)c6[nH]c2c2ccccc62)-c2ccccc2-5)c2ccccc42)-c2ccccc2-3)cc1. The number of nitrogens with one attached hydrogen (secondary N) is 2. The van der Waals surface area contributed by atoms with Crippen molar-refractivity contribution < 1.29 is 39.4 Å². The Kier molecular flexibility index (Phi) is 13.6. The Balaban J connectivity index is 1.28. The Morgan fingerprint density at radius 3 is 0.700 bits per heavy atom. The molecule has 0 unspecified atom stereocenters. The van der Waals surface area contributed by atoms with Crippen molar-refractivity contribution in [2.75, 3.05) is 52.9 Å². The van der Waals surface area contributed by atoms with E-state index < -0.39 is 0 Å². The second-order valence-electron chi connectivity index (χ2n) is 19.4. The van der Waals surface area contributed by atoms with Crippen molar-refractivity contribution in [3.63, 3.8) is 0 Å². The smallest absolute Gasteiger partial charge is 0.119 e. The fraction of sp³-hybridized carbons (Fsp3) is 0.118. The van der Waals surface area contributed by atoms with E-state index in [0.29, 0.717) is 23.0 Å². The molecule has 12 nitrogen and oxygen atoms in total. The van der Waals surface area contributed by atoms with E-state index in [9.17, 15) is 20.4 Å². The predicted octanol–water partition coefficient (Wildman–Crippen LogP) is 13.4. The van der Waals surface area contributed by atoms with E-state index in [0.717, 1.165) is 133 Å². The third kappa shape index (κ3) is 8.96. The summed E-state index contributed by atoms with van der Waals surface area (Å²) in [4.78, 5) is 20.0. The first-order chi connectivity index (χ1) is 39.5. The van der Waals surface area contributed by atoms with Crippen molar-refractivity contribution in [1.29, 1.82) is 0 Å². The Labute approximate surface area is 460 Å². The van der Waals surface area contributed by atoms with Crippen LogP contribution in [0.3, 0.4) is 0 Å². The molecule has 10 aromatic rings. The van der Waals surface area contributed by atoms with Crippen LogP contribution in [0.5, 0.6) is 23.0 Å². The lowest BCUT2D eigenvalue weighted by Gasteiger charge is -2.10. The number of benzene rings is 8. The number of hydrogen-bond donors (Lipinski definition) is 6. The van der Waals surface area contributed by atoms with Gasteiger partial charge in [0.15, 0.2) is 0 Å². The highest BCUT2D eigenvalue weighted by Gasteiger charge is 2.30. The lowest BCUT2D eigenvalue weighted by atomic mass is 9.93. The molecule has 3 aliphatic rings. The van der Waals surface area contributed by atoms with Crippen LogP contribution in [-0.2, 0) is 0 Å². The molecular weight excluding hydrogens is 1000 g/mol. The molecular formula is C68H54N4O8. The summed E-state index contributed by atoms with van der Waals surface area (Å²) in [6, 6.07) is 65.5. The molecule has 0 spiro atoms. The topological polar surface area (TPSA) is 175 Å². The van der Waals surface area contributed by atoms with Crippen LogP contribution in [0.25, 0.3) is 133 Å². The van der Waals surface area contributed by atoms with Gasteiger partial charge in [0.2, 0.25) is 0 Å². The molecule has 6 N–H and O–H groups in total. The third-order valence-electron chi connectivity index (χ3n) is 14.7. The summed E-state index contributed by atoms with van der Waals surface area (Å²) in [7, 11) is 0. The lowest BCUT2D eigenvalue weighted by molar-refractivity contribution is 0.201. The zero-order chi connectivity index (χ0) is 54.1. The van der Waals surface area contributed by atoms with Crippen LogP contribution in [0.15, 0.2) is 194 Å². The lowest BCUT2D eigenvalue weighted by Crippen LogP contribution is -2.01. The molecule has 0 fully saturated rings. The van der Waals surface area contributed by atoms with Gasteiger partial charge in [0.1, 0.15) is 49.4 Å². The molecule has 0 saturated heterocycles. The van der Waals surface area contributed by atoms with E-state index in [-0.39, 0.29) is 52.9 Å². The van der Waals surface area contributed by atoms with Gasteiger partial charge < -0.3 is 49.3 Å². The van der Waals surface area contributed by atoms with E-state index in [1.165, 1.54) is 0 Å². The molecule has 80 heavy (non-hydrogen) atoms. The van der Waals surface area contributed by atoms with E-state index in [1.807, 2.05) is 48.5 Å². The average molecular weight is 1060 g/mol. The standard InChI is InChI=1S/C68H54N4O8/c73-33-37-77-45-25-17-41(18-26-45)57-61-49-9-1-2-10-50(49)62(69-61)58(42-19-27-46(28-20-42)78-38-34-74)64-53-13-5-6-14-54(53)66(71-64)60(44-23-31-48(32-24-44)80-40-36-76)68-56-16-8-7-15-55(56)67(72-68)59(43-21-29-47(30-22-43)79-39-35-75)65-52-12-4-3-11-51(52)63(57)70-65/h1-32,69,72-76H,33-40H2. The Bertz CT molecular complexity index is 3740. The largest absolute Gasteiger partial charge is 0.491 e. The van der Waals surface area contributed by atoms with Crippen LogP contribution < -0.4 is 18.9 Å². The monoisotopic (exact) mass is 1050 g/mol. The van der Waals surface area contributed by atoms with Crippen molar-refractivity contribution >= 4 is 43.6 Å². The number of hydrogen-bond acceptors (Lipinski definition) is 10. The predicted molar refractivity (Wildman–Crippen MR) is 317 cm³/mol. The van der Waals surface area contributed by atoms with Gasteiger partial charge in [0.25, 0.3) is 0 Å². The van der Waals surface area contributed by atoms with E-state index in [1.54, 1.807) is 0 Å². The molecule has 8 aromatic carbocycles. The van der Waals surface area contributed by atoms with Crippen LogP contribution >= 0.6 is 0 Å². The van der Waals surface area contributed by atoms with E-state index in [4.69, 9.17) is 28.9 Å². The van der Waals surface area contributed by atoms with Gasteiger partial charge in [-0.05, 0) is 70.8 Å². The van der Waals surface area contributed by atoms with Gasteiger partial charge in [-0.15, -0.1) is 0 Å². The van der Waals surface area contributed by atoms with E-state index in [2.05, 4.69) is 156 Å². The van der Waals surface area contributed by atoms with Crippen LogP contribution in [0, 0.1) is 0 Å². The number of aromatic amines is 2. The maximum absolute atomic E-state index is 9.70. The van der Waals surface area contributed by atoms with E-state index >= 15 is 0 Å². The molecule has 1 aliphatic carbocycles. The molecule has 0 atom stereocenters. The molecule has 13 rings (SSSR count). The first-order valence-corrected chi connectivity index (χ1v) is 26.7. The Hall–Kier alpha value is -9.56. The van der Waals surface area contributed by atoms with Gasteiger partial charge in [-0.3, -0.25) is 0 Å². The number of aliphatic hydroxyl groups is 4. The summed E-state index contributed by atoms with van der Waals surface area (Å²) >= 11 is 0. The Morgan fingerprint density at radius 2 is 0.487 bits per heavy atom. The molecule has 0 amide bonds. The highest BCUT2D eigenvalue weighted by Crippen LogP contribution is 2.52. The van der Waals surface area contributed by atoms with Crippen molar-refractivity contribution in [3.8, 4) is 113 Å². The van der Waals surface area contributed by atoms with Crippen molar-refractivity contribution in [2.24, 2.45) is 0 Å². The summed E-state index contributed by atoms with van der Waals surface area (Å²) < 4.78 is 23.7. The molecule has 0 saturated carbocycles. The van der Waals surface area contributed by atoms with Crippen LogP contribution in [0.1, 0.15) is 0 Å². The number of rotatable bonds is 16. The summed E-state index contributed by atoms with van der Waals surface area (Å²) in [5.41, 5.74) is 17.1. The van der Waals surface area contributed by atoms with Crippen molar-refractivity contribution in [1.82, 2.24) is 19.9 Å². The van der Waals surface area contributed by atoms with Crippen LogP contribution in [0.2, 0.25) is 0 Å². The molecule has 4 heterocycles. The fourth-order valence-electron chi connectivity index (χ4n) is 11.3. The average Bonchev–Trinajstić information content (AvgIpc) is 4.45. The van der Waals surface area contributed by atoms with Gasteiger partial charge in [-0.25, -0.2) is 9.97 Å². The van der Waals surface area contributed by atoms with Gasteiger partial charge in [0, 0.05) is 66.1 Å². The molecule has 2 aromatic heterocycles. The number of H-pyrrole nitrogens is 2. The molecule has 2 aliphatic heterocycles. The van der Waals surface area contributed by atoms with Gasteiger partial charge >= 0.3 is 0 Å². The first-order valence-electron chi connectivity index (χ1n) is 26.7. The quantitative estimate of drug-likeness (QED) is 0.0546. The summed E-state index contributed by atoms with van der Waals surface area (Å²) in [6.07, 6.45) is 0. The van der Waals surface area contributed by atoms with Crippen LogP contribution in [-0.4, -0.2) is 93.2 Å². The number of ether oxygens (including phenoxy) is 4. The minimum absolute atomic E-state index is 0.113. The maximum atomic E-state index is 9.70.